The van der Waals surface area contributed by atoms with Gasteiger partial charge in [0, 0.05) is 5.56 Å². The second-order valence-corrected chi connectivity index (χ2v) is 5.17. The van der Waals surface area contributed by atoms with Gasteiger partial charge in [-0.05, 0) is 19.9 Å². The summed E-state index contributed by atoms with van der Waals surface area (Å²) in [5.74, 6) is -1.41. The molecule has 1 aliphatic heterocycles. The van der Waals surface area contributed by atoms with Crippen LogP contribution in [0.25, 0.3) is 0 Å². The quantitative estimate of drug-likeness (QED) is 0.834. The highest BCUT2D eigenvalue weighted by atomic mass is 19.1. The van der Waals surface area contributed by atoms with Crippen LogP contribution in [0.2, 0.25) is 0 Å². The van der Waals surface area contributed by atoms with Gasteiger partial charge >= 0.3 is 12.3 Å². The average Bonchev–Trinajstić information content (AvgIpc) is 2.59. The minimum absolute atomic E-state index is 0.0569. The first-order valence-corrected chi connectivity index (χ1v) is 7.33. The number of benzene rings is 1. The lowest BCUT2D eigenvalue weighted by atomic mass is 9.90. The Kier molecular flexibility index (Phi) is 5.63. The van der Waals surface area contributed by atoms with Gasteiger partial charge in [-0.3, -0.25) is 0 Å². The molecule has 1 aliphatic rings. The highest BCUT2D eigenvalue weighted by molar-refractivity contribution is 5.64. The van der Waals surface area contributed by atoms with Crippen molar-refractivity contribution in [2.75, 3.05) is 14.2 Å². The maximum Gasteiger partial charge on any atom is 0.513 e. The van der Waals surface area contributed by atoms with E-state index < -0.39 is 24.0 Å². The summed E-state index contributed by atoms with van der Waals surface area (Å²) in [4.78, 5) is 23.2. The van der Waals surface area contributed by atoms with Gasteiger partial charge < -0.3 is 24.3 Å². The first-order valence-electron chi connectivity index (χ1n) is 7.33. The van der Waals surface area contributed by atoms with Crippen molar-refractivity contribution < 1.29 is 32.9 Å². The molecule has 0 amide bonds. The molecule has 1 aromatic carbocycles. The predicted octanol–water partition coefficient (Wildman–Crippen LogP) is 3.54. The van der Waals surface area contributed by atoms with Crippen molar-refractivity contribution in [2.24, 2.45) is 0 Å². The van der Waals surface area contributed by atoms with Crippen LogP contribution in [0, 0.1) is 5.82 Å². The number of ether oxygens (including phenoxy) is 4. The highest BCUT2D eigenvalue weighted by Gasteiger charge is 2.36. The number of allylic oxidation sites excluding steroid dienone is 2. The molecule has 7 nitrogen and oxygen atoms in total. The van der Waals surface area contributed by atoms with E-state index in [1.165, 1.54) is 18.2 Å². The molecule has 0 bridgehead atoms. The molecular weight excluding hydrogens is 333 g/mol. The molecule has 1 N–H and O–H groups in total. The number of hydrogen-bond donors (Lipinski definition) is 1. The number of nitrogens with one attached hydrogen (secondary N) is 1. The number of dihydropyridines is 1. The summed E-state index contributed by atoms with van der Waals surface area (Å²) < 4.78 is 33.8. The Morgan fingerprint density at radius 2 is 1.44 bits per heavy atom. The smallest absolute Gasteiger partial charge is 0.437 e. The normalized spacial score (nSPS) is 14.8. The molecule has 0 spiro atoms. The summed E-state index contributed by atoms with van der Waals surface area (Å²) in [6, 6.07) is 5.91. The summed E-state index contributed by atoms with van der Waals surface area (Å²) in [5, 5.41) is 2.93. The molecule has 0 saturated carbocycles. The molecule has 1 heterocycles. The SMILES string of the molecule is COC(=O)OC1=C(C)NC(C)=C(OC(=O)OC)C1c1ccccc1F. The fraction of sp³-hybridized carbons (Fsp3) is 0.294. The molecular formula is C17H18FNO6. The van der Waals surface area contributed by atoms with Crippen molar-refractivity contribution >= 4 is 12.3 Å². The monoisotopic (exact) mass is 351 g/mol. The van der Waals surface area contributed by atoms with E-state index in [-0.39, 0.29) is 17.1 Å². The van der Waals surface area contributed by atoms with Crippen molar-refractivity contribution in [1.82, 2.24) is 5.32 Å². The van der Waals surface area contributed by atoms with E-state index in [0.717, 1.165) is 14.2 Å². The molecule has 1 aromatic rings. The van der Waals surface area contributed by atoms with Crippen molar-refractivity contribution in [3.05, 3.63) is 58.6 Å². The van der Waals surface area contributed by atoms with Crippen LogP contribution in [0.4, 0.5) is 14.0 Å². The standard InChI is InChI=1S/C17H18FNO6/c1-9-14(24-16(20)22-3)13(11-7-5-6-8-12(11)18)15(10(2)19-9)25-17(21)23-4/h5-8,13,19H,1-4H3. The van der Waals surface area contributed by atoms with Gasteiger partial charge in [0.15, 0.2) is 0 Å². The number of hydrogen-bond acceptors (Lipinski definition) is 7. The van der Waals surface area contributed by atoms with E-state index in [4.69, 9.17) is 9.47 Å². The van der Waals surface area contributed by atoms with Crippen LogP contribution in [0.15, 0.2) is 47.2 Å². The van der Waals surface area contributed by atoms with Gasteiger partial charge in [-0.2, -0.15) is 0 Å². The van der Waals surface area contributed by atoms with Crippen molar-refractivity contribution in [2.45, 2.75) is 19.8 Å². The Morgan fingerprint density at radius 1 is 0.960 bits per heavy atom. The molecule has 134 valence electrons. The molecule has 25 heavy (non-hydrogen) atoms. The number of carbonyl (C=O) groups is 2. The van der Waals surface area contributed by atoms with E-state index in [1.807, 2.05) is 0 Å². The van der Waals surface area contributed by atoms with Gasteiger partial charge in [-0.1, -0.05) is 18.2 Å². The van der Waals surface area contributed by atoms with E-state index in [1.54, 1.807) is 19.9 Å². The lowest BCUT2D eigenvalue weighted by Gasteiger charge is -2.30. The maximum absolute atomic E-state index is 14.4. The molecule has 0 aliphatic carbocycles. The second-order valence-electron chi connectivity index (χ2n) is 5.17. The van der Waals surface area contributed by atoms with Gasteiger partial charge in [0.25, 0.3) is 0 Å². The van der Waals surface area contributed by atoms with E-state index in [0.29, 0.717) is 11.4 Å². The van der Waals surface area contributed by atoms with Crippen LogP contribution >= 0.6 is 0 Å². The molecule has 2 rings (SSSR count). The summed E-state index contributed by atoms with van der Waals surface area (Å²) in [7, 11) is 2.30. The second kappa shape index (κ2) is 7.69. The summed E-state index contributed by atoms with van der Waals surface area (Å²) in [6.45, 7) is 3.29. The minimum Gasteiger partial charge on any atom is -0.437 e. The Labute approximate surface area is 144 Å². The van der Waals surface area contributed by atoms with Crippen LogP contribution in [-0.4, -0.2) is 26.5 Å². The van der Waals surface area contributed by atoms with Crippen LogP contribution in [-0.2, 0) is 18.9 Å². The summed E-state index contributed by atoms with van der Waals surface area (Å²) in [6.07, 6.45) is -1.95. The number of rotatable bonds is 3. The lowest BCUT2D eigenvalue weighted by Crippen LogP contribution is -2.29. The maximum atomic E-state index is 14.4. The minimum atomic E-state index is -0.977. The van der Waals surface area contributed by atoms with Gasteiger partial charge in [0.2, 0.25) is 0 Å². The zero-order valence-electron chi connectivity index (χ0n) is 14.2. The first kappa shape index (κ1) is 18.3. The van der Waals surface area contributed by atoms with Crippen LogP contribution in [0.1, 0.15) is 25.3 Å². The third-order valence-corrected chi connectivity index (χ3v) is 3.57. The number of methoxy groups -OCH3 is 2. The molecule has 0 unspecified atom stereocenters. The van der Waals surface area contributed by atoms with Crippen molar-refractivity contribution in [1.29, 1.82) is 0 Å². The topological polar surface area (TPSA) is 83.1 Å². The third-order valence-electron chi connectivity index (χ3n) is 3.57. The lowest BCUT2D eigenvalue weighted by molar-refractivity contribution is 0.0783. The predicted molar refractivity (Wildman–Crippen MR) is 84.7 cm³/mol. The largest absolute Gasteiger partial charge is 0.513 e. The van der Waals surface area contributed by atoms with E-state index in [2.05, 4.69) is 14.8 Å². The Morgan fingerprint density at radius 3 is 1.88 bits per heavy atom. The van der Waals surface area contributed by atoms with Crippen LogP contribution in [0.3, 0.4) is 0 Å². The van der Waals surface area contributed by atoms with Crippen molar-refractivity contribution in [3.8, 4) is 0 Å². The highest BCUT2D eigenvalue weighted by Crippen LogP contribution is 2.40. The molecule has 0 fully saturated rings. The molecule has 0 saturated heterocycles. The number of carbonyl (C=O) groups excluding carboxylic acids is 2. The van der Waals surface area contributed by atoms with Gasteiger partial charge in [0.05, 0.1) is 25.6 Å². The average molecular weight is 351 g/mol. The Hall–Kier alpha value is -3.03. The Bertz CT molecular complexity index is 715. The van der Waals surface area contributed by atoms with Gasteiger partial charge in [0.1, 0.15) is 23.3 Å². The van der Waals surface area contributed by atoms with Crippen molar-refractivity contribution in [3.63, 3.8) is 0 Å². The summed E-state index contributed by atoms with van der Waals surface area (Å²) >= 11 is 0. The number of halogens is 1. The third kappa shape index (κ3) is 3.90. The van der Waals surface area contributed by atoms with E-state index >= 15 is 0 Å². The molecule has 0 atom stereocenters. The fourth-order valence-corrected chi connectivity index (χ4v) is 2.48. The van der Waals surface area contributed by atoms with E-state index in [9.17, 15) is 14.0 Å². The molecule has 0 aromatic heterocycles. The molecule has 0 radical (unpaired) electrons. The zero-order chi connectivity index (χ0) is 18.6. The van der Waals surface area contributed by atoms with Gasteiger partial charge in [-0.25, -0.2) is 14.0 Å². The summed E-state index contributed by atoms with van der Waals surface area (Å²) in [5.41, 5.74) is 1.07. The molecule has 8 heteroatoms. The van der Waals surface area contributed by atoms with Crippen LogP contribution in [0.5, 0.6) is 0 Å². The Balaban J connectivity index is 2.58. The first-order chi connectivity index (χ1) is 11.9. The van der Waals surface area contributed by atoms with Crippen LogP contribution < -0.4 is 5.32 Å². The fourth-order valence-electron chi connectivity index (χ4n) is 2.48. The zero-order valence-corrected chi connectivity index (χ0v) is 14.2. The van der Waals surface area contributed by atoms with Gasteiger partial charge in [-0.15, -0.1) is 0 Å².